The van der Waals surface area contributed by atoms with Crippen LogP contribution in [0.15, 0.2) is 46.9 Å². The lowest BCUT2D eigenvalue weighted by molar-refractivity contribution is 0.605. The molecule has 3 rings (SSSR count). The van der Waals surface area contributed by atoms with Gasteiger partial charge in [0.05, 0.1) is 0 Å². The van der Waals surface area contributed by atoms with Crippen molar-refractivity contribution in [2.45, 2.75) is 0 Å². The first kappa shape index (κ1) is 12.3. The minimum absolute atomic E-state index is 0.472. The maximum Gasteiger partial charge on any atom is 0.246 e. The molecule has 98 valence electrons. The number of hydrogen-bond donors (Lipinski definition) is 1. The van der Waals surface area contributed by atoms with Gasteiger partial charge in [0.2, 0.25) is 10.0 Å². The average molecular weight is 296 g/mol. The van der Waals surface area contributed by atoms with Crippen LogP contribution in [0, 0.1) is 0 Å². The number of anilines is 1. The molecule has 3 aromatic rings. The molecule has 0 aliphatic rings. The molecule has 0 amide bonds. The summed E-state index contributed by atoms with van der Waals surface area (Å²) >= 11 is 5.37. The summed E-state index contributed by atoms with van der Waals surface area (Å²) in [5, 5.41) is 1.34. The Morgan fingerprint density at radius 1 is 1.05 bits per heavy atom. The number of para-hydroxylation sites is 1. The highest BCUT2D eigenvalue weighted by atomic mass is 35.5. The Labute approximate surface area is 115 Å². The molecular formula is C13H10ClNO3S. The van der Waals surface area contributed by atoms with E-state index in [2.05, 4.69) is 4.72 Å². The Bertz CT molecular complexity index is 855. The van der Waals surface area contributed by atoms with E-state index in [0.29, 0.717) is 5.69 Å². The first-order chi connectivity index (χ1) is 9.09. The Balaban J connectivity index is 2.17. The minimum Gasteiger partial charge on any atom is -0.456 e. The molecule has 0 fully saturated rings. The van der Waals surface area contributed by atoms with E-state index in [1.165, 1.54) is 0 Å². The molecule has 0 radical (unpaired) electrons. The summed E-state index contributed by atoms with van der Waals surface area (Å²) in [4.78, 5) is 0. The second kappa shape index (κ2) is 4.43. The molecule has 1 N–H and O–H groups in total. The lowest BCUT2D eigenvalue weighted by atomic mass is 10.1. The van der Waals surface area contributed by atoms with Gasteiger partial charge >= 0.3 is 0 Å². The van der Waals surface area contributed by atoms with Gasteiger partial charge < -0.3 is 4.42 Å². The molecule has 0 aliphatic carbocycles. The van der Waals surface area contributed by atoms with Crippen LogP contribution in [0.1, 0.15) is 0 Å². The number of nitrogens with one attached hydrogen (secondary N) is 1. The van der Waals surface area contributed by atoms with E-state index in [1.807, 2.05) is 24.3 Å². The van der Waals surface area contributed by atoms with Crippen LogP contribution in [-0.4, -0.2) is 13.6 Å². The van der Waals surface area contributed by atoms with Gasteiger partial charge in [-0.2, -0.15) is 0 Å². The van der Waals surface area contributed by atoms with Crippen LogP contribution >= 0.6 is 11.6 Å². The van der Waals surface area contributed by atoms with E-state index in [0.717, 1.165) is 21.9 Å². The Kier molecular flexibility index (Phi) is 2.88. The fourth-order valence-electron chi connectivity index (χ4n) is 2.00. The molecular weight excluding hydrogens is 286 g/mol. The summed E-state index contributed by atoms with van der Waals surface area (Å²) in [5.41, 5.74) is 1.96. The van der Waals surface area contributed by atoms with Gasteiger partial charge in [-0.3, -0.25) is 4.72 Å². The third-order valence-corrected chi connectivity index (χ3v) is 4.49. The fourth-order valence-corrected chi connectivity index (χ4v) is 2.70. The SMILES string of the molecule is O=S(=O)(CCl)Nc1ccc2oc3ccccc3c2c1. The van der Waals surface area contributed by atoms with Crippen molar-refractivity contribution in [2.24, 2.45) is 0 Å². The standard InChI is InChI=1S/C13H10ClNO3S/c14-8-19(16,17)15-9-5-6-13-11(7-9)10-3-1-2-4-12(10)18-13/h1-7,15H,8H2. The van der Waals surface area contributed by atoms with Gasteiger partial charge in [0.25, 0.3) is 0 Å². The van der Waals surface area contributed by atoms with Crippen LogP contribution < -0.4 is 4.72 Å². The number of rotatable bonds is 3. The monoisotopic (exact) mass is 295 g/mol. The summed E-state index contributed by atoms with van der Waals surface area (Å²) in [6.45, 7) is 0. The quantitative estimate of drug-likeness (QED) is 0.752. The van der Waals surface area contributed by atoms with Crippen molar-refractivity contribution >= 4 is 49.3 Å². The maximum atomic E-state index is 11.4. The third kappa shape index (κ3) is 2.27. The van der Waals surface area contributed by atoms with Crippen molar-refractivity contribution in [3.05, 3.63) is 42.5 Å². The summed E-state index contributed by atoms with van der Waals surface area (Å²) in [5.74, 6) is 0. The van der Waals surface area contributed by atoms with Gasteiger partial charge in [-0.25, -0.2) is 8.42 Å². The number of alkyl halides is 1. The fraction of sp³-hybridized carbons (Fsp3) is 0.0769. The van der Waals surface area contributed by atoms with Crippen molar-refractivity contribution < 1.29 is 12.8 Å². The van der Waals surface area contributed by atoms with Crippen molar-refractivity contribution in [1.29, 1.82) is 0 Å². The van der Waals surface area contributed by atoms with Crippen molar-refractivity contribution in [3.63, 3.8) is 0 Å². The predicted octanol–water partition coefficient (Wildman–Crippen LogP) is 3.52. The van der Waals surface area contributed by atoms with Gasteiger partial charge in [-0.05, 0) is 24.3 Å². The molecule has 0 unspecified atom stereocenters. The summed E-state index contributed by atoms with van der Waals surface area (Å²) < 4.78 is 31.0. The van der Waals surface area contributed by atoms with Crippen LogP contribution in [0.3, 0.4) is 0 Å². The highest BCUT2D eigenvalue weighted by Crippen LogP contribution is 2.30. The van der Waals surface area contributed by atoms with E-state index in [1.54, 1.807) is 18.2 Å². The van der Waals surface area contributed by atoms with Crippen LogP contribution in [0.25, 0.3) is 21.9 Å². The number of sulfonamides is 1. The van der Waals surface area contributed by atoms with Crippen molar-refractivity contribution in [1.82, 2.24) is 0 Å². The highest BCUT2D eigenvalue weighted by Gasteiger charge is 2.11. The van der Waals surface area contributed by atoms with Crippen LogP contribution in [-0.2, 0) is 10.0 Å². The van der Waals surface area contributed by atoms with E-state index < -0.39 is 15.2 Å². The molecule has 0 spiro atoms. The second-order valence-electron chi connectivity index (χ2n) is 4.14. The van der Waals surface area contributed by atoms with Crippen molar-refractivity contribution in [3.8, 4) is 0 Å². The van der Waals surface area contributed by atoms with E-state index in [9.17, 15) is 8.42 Å². The molecule has 2 aromatic carbocycles. The van der Waals surface area contributed by atoms with Crippen LogP contribution in [0.2, 0.25) is 0 Å². The Hall–Kier alpha value is -1.72. The zero-order valence-electron chi connectivity index (χ0n) is 9.76. The maximum absolute atomic E-state index is 11.4. The smallest absolute Gasteiger partial charge is 0.246 e. The molecule has 1 aromatic heterocycles. The predicted molar refractivity (Wildman–Crippen MR) is 77.0 cm³/mol. The second-order valence-corrected chi connectivity index (χ2v) is 6.44. The van der Waals surface area contributed by atoms with E-state index >= 15 is 0 Å². The molecule has 0 bridgehead atoms. The lowest BCUT2D eigenvalue weighted by Gasteiger charge is -2.04. The van der Waals surface area contributed by atoms with Crippen molar-refractivity contribution in [2.75, 3.05) is 9.93 Å². The highest BCUT2D eigenvalue weighted by molar-refractivity contribution is 7.93. The van der Waals surface area contributed by atoms with Gasteiger partial charge in [-0.15, -0.1) is 11.6 Å². The number of furan rings is 1. The average Bonchev–Trinajstić information content (AvgIpc) is 2.76. The van der Waals surface area contributed by atoms with Gasteiger partial charge in [-0.1, -0.05) is 18.2 Å². The third-order valence-electron chi connectivity index (χ3n) is 2.79. The largest absolute Gasteiger partial charge is 0.456 e. The van der Waals surface area contributed by atoms with Crippen LogP contribution in [0.4, 0.5) is 5.69 Å². The first-order valence-electron chi connectivity index (χ1n) is 5.57. The first-order valence-corrected chi connectivity index (χ1v) is 7.75. The Morgan fingerprint density at radius 2 is 1.79 bits per heavy atom. The van der Waals surface area contributed by atoms with Gasteiger partial charge in [0, 0.05) is 16.5 Å². The number of fused-ring (bicyclic) bond motifs is 3. The molecule has 19 heavy (non-hydrogen) atoms. The number of halogens is 1. The number of hydrogen-bond acceptors (Lipinski definition) is 3. The zero-order valence-corrected chi connectivity index (χ0v) is 11.3. The molecule has 0 aliphatic heterocycles. The summed E-state index contributed by atoms with van der Waals surface area (Å²) in [6.07, 6.45) is 0. The van der Waals surface area contributed by atoms with Gasteiger partial charge in [0.15, 0.2) is 0 Å². The summed E-state index contributed by atoms with van der Waals surface area (Å²) in [7, 11) is -3.49. The topological polar surface area (TPSA) is 59.3 Å². The molecule has 0 saturated carbocycles. The molecule has 4 nitrogen and oxygen atoms in total. The minimum atomic E-state index is -3.49. The zero-order chi connectivity index (χ0) is 13.5. The normalized spacial score (nSPS) is 12.1. The lowest BCUT2D eigenvalue weighted by Crippen LogP contribution is -2.13. The van der Waals surface area contributed by atoms with Crippen LogP contribution in [0.5, 0.6) is 0 Å². The molecule has 6 heteroatoms. The molecule has 0 saturated heterocycles. The number of benzene rings is 2. The van der Waals surface area contributed by atoms with E-state index in [4.69, 9.17) is 16.0 Å². The summed E-state index contributed by atoms with van der Waals surface area (Å²) in [6, 6.07) is 12.7. The molecule has 1 heterocycles. The Morgan fingerprint density at radius 3 is 2.58 bits per heavy atom. The van der Waals surface area contributed by atoms with E-state index in [-0.39, 0.29) is 0 Å². The molecule has 0 atom stereocenters. The van der Waals surface area contributed by atoms with Gasteiger partial charge in [0.1, 0.15) is 16.4 Å².